The highest BCUT2D eigenvalue weighted by Crippen LogP contribution is 2.30. The van der Waals surface area contributed by atoms with Crippen LogP contribution in [0.3, 0.4) is 0 Å². The summed E-state index contributed by atoms with van der Waals surface area (Å²) in [4.78, 5) is 60.4. The average Bonchev–Trinajstić information content (AvgIpc) is 3.73. The Hall–Kier alpha value is -6.45. The van der Waals surface area contributed by atoms with Crippen molar-refractivity contribution in [2.45, 2.75) is 110 Å². The quantitative estimate of drug-likeness (QED) is 0.0247. The van der Waals surface area contributed by atoms with E-state index >= 15 is 0 Å². The maximum Gasteiger partial charge on any atom is 0.415 e. The SMILES string of the molecule is CCCCCCCCCCCCOC(=O)c1ccc(Cl)c(NC(=O)C(OC(=O)N(C)c2ccc(/C=C(\C#N)c3nc4cc(C(C)(C)C)ccc4o3)c(C)c2)C(=O)c2ccc(OC)cc2)c1. The predicted molar refractivity (Wildman–Crippen MR) is 256 cm³/mol. The number of hydrogen-bond donors (Lipinski definition) is 1. The molecule has 342 valence electrons. The Morgan fingerprint density at radius 3 is 2.17 bits per heavy atom. The van der Waals surface area contributed by atoms with Crippen molar-refractivity contribution in [3.63, 3.8) is 0 Å². The number of rotatable bonds is 21. The summed E-state index contributed by atoms with van der Waals surface area (Å²) in [6, 6.07) is 23.3. The number of esters is 1. The van der Waals surface area contributed by atoms with E-state index in [0.717, 1.165) is 36.1 Å². The van der Waals surface area contributed by atoms with Crippen LogP contribution in [-0.4, -0.2) is 55.6 Å². The number of aryl methyl sites for hydroxylation is 1. The maximum absolute atomic E-state index is 14.0. The van der Waals surface area contributed by atoms with E-state index in [2.05, 4.69) is 44.1 Å². The third-order valence-electron chi connectivity index (χ3n) is 11.1. The Kier molecular flexibility index (Phi) is 17.9. The highest BCUT2D eigenvalue weighted by atomic mass is 35.5. The number of nitrogens with one attached hydrogen (secondary N) is 1. The van der Waals surface area contributed by atoms with Crippen molar-refractivity contribution < 1.29 is 37.8 Å². The molecule has 0 aliphatic rings. The number of aromatic nitrogens is 1. The van der Waals surface area contributed by atoms with Gasteiger partial charge in [-0.25, -0.2) is 14.6 Å². The molecular formula is C52H59ClN4O8. The van der Waals surface area contributed by atoms with Crippen molar-refractivity contribution in [2.75, 3.05) is 31.0 Å². The molecule has 0 saturated heterocycles. The van der Waals surface area contributed by atoms with Crippen molar-refractivity contribution in [1.82, 2.24) is 4.98 Å². The van der Waals surface area contributed by atoms with Crippen molar-refractivity contribution in [2.24, 2.45) is 0 Å². The second-order valence-electron chi connectivity index (χ2n) is 17.1. The molecule has 0 spiro atoms. The first kappa shape index (κ1) is 49.6. The number of carbonyl (C=O) groups excluding carboxylic acids is 4. The Morgan fingerprint density at radius 1 is 0.877 bits per heavy atom. The van der Waals surface area contributed by atoms with E-state index in [0.29, 0.717) is 33.7 Å². The Bertz CT molecular complexity index is 2530. The molecule has 1 unspecified atom stereocenters. The number of allylic oxidation sites excluding steroid dienone is 1. The molecule has 0 saturated carbocycles. The van der Waals surface area contributed by atoms with E-state index in [1.54, 1.807) is 43.3 Å². The number of hydrogen-bond acceptors (Lipinski definition) is 10. The summed E-state index contributed by atoms with van der Waals surface area (Å²) in [7, 11) is 2.91. The van der Waals surface area contributed by atoms with Gasteiger partial charge in [-0.1, -0.05) is 109 Å². The zero-order chi connectivity index (χ0) is 47.1. The largest absolute Gasteiger partial charge is 0.497 e. The molecule has 0 fully saturated rings. The highest BCUT2D eigenvalue weighted by molar-refractivity contribution is 6.34. The number of amides is 2. The fourth-order valence-corrected chi connectivity index (χ4v) is 7.20. The number of nitriles is 1. The van der Waals surface area contributed by atoms with E-state index in [-0.39, 0.29) is 45.3 Å². The minimum Gasteiger partial charge on any atom is -0.497 e. The van der Waals surface area contributed by atoms with Gasteiger partial charge in [-0.05, 0) is 108 Å². The number of fused-ring (bicyclic) bond motifs is 1. The third-order valence-corrected chi connectivity index (χ3v) is 11.4. The molecule has 65 heavy (non-hydrogen) atoms. The minimum atomic E-state index is -1.97. The van der Waals surface area contributed by atoms with E-state index in [4.69, 9.17) is 30.2 Å². The summed E-state index contributed by atoms with van der Waals surface area (Å²) in [5.41, 5.74) is 4.38. The molecule has 4 aromatic carbocycles. The number of Topliss-reactive ketones (excluding diaryl/α,β-unsaturated/α-hetero) is 1. The normalized spacial score (nSPS) is 12.0. The number of oxazole rings is 1. The summed E-state index contributed by atoms with van der Waals surface area (Å²) >= 11 is 6.47. The van der Waals surface area contributed by atoms with Crippen LogP contribution < -0.4 is 15.0 Å². The fraction of sp³-hybridized carbons (Fsp3) is 0.385. The van der Waals surface area contributed by atoms with Gasteiger partial charge in [0.2, 0.25) is 17.8 Å². The lowest BCUT2D eigenvalue weighted by atomic mass is 9.87. The van der Waals surface area contributed by atoms with Crippen molar-refractivity contribution in [3.8, 4) is 11.8 Å². The van der Waals surface area contributed by atoms with E-state index in [9.17, 15) is 24.4 Å². The van der Waals surface area contributed by atoms with Gasteiger partial charge in [0.1, 0.15) is 22.9 Å². The maximum atomic E-state index is 14.0. The second kappa shape index (κ2) is 23.5. The molecule has 0 radical (unpaired) electrons. The van der Waals surface area contributed by atoms with Crippen molar-refractivity contribution in [3.05, 3.63) is 118 Å². The zero-order valence-corrected chi connectivity index (χ0v) is 39.2. The summed E-state index contributed by atoms with van der Waals surface area (Å²) in [6.45, 7) is 10.6. The van der Waals surface area contributed by atoms with Crippen LogP contribution in [0.4, 0.5) is 16.2 Å². The Labute approximate surface area is 386 Å². The van der Waals surface area contributed by atoms with E-state index < -0.39 is 29.9 Å². The highest BCUT2D eigenvalue weighted by Gasteiger charge is 2.34. The van der Waals surface area contributed by atoms with Gasteiger partial charge >= 0.3 is 12.1 Å². The topological polar surface area (TPSA) is 161 Å². The number of halogens is 1. The molecule has 1 heterocycles. The van der Waals surface area contributed by atoms with Crippen LogP contribution in [0.25, 0.3) is 22.7 Å². The van der Waals surface area contributed by atoms with E-state index in [1.807, 2.05) is 18.2 Å². The van der Waals surface area contributed by atoms with Gasteiger partial charge in [0, 0.05) is 18.3 Å². The monoisotopic (exact) mass is 902 g/mol. The van der Waals surface area contributed by atoms with E-state index in [1.165, 1.54) is 83.0 Å². The summed E-state index contributed by atoms with van der Waals surface area (Å²) in [5.74, 6) is -1.75. The first-order valence-electron chi connectivity index (χ1n) is 22.2. The summed E-state index contributed by atoms with van der Waals surface area (Å²) < 4.78 is 22.3. The molecule has 1 N–H and O–H groups in total. The molecular weight excluding hydrogens is 844 g/mol. The first-order valence-corrected chi connectivity index (χ1v) is 22.5. The van der Waals surface area contributed by atoms with Crippen molar-refractivity contribution in [1.29, 1.82) is 5.26 Å². The van der Waals surface area contributed by atoms with Crippen molar-refractivity contribution >= 4 is 69.5 Å². The van der Waals surface area contributed by atoms with Gasteiger partial charge in [-0.2, -0.15) is 5.26 Å². The molecule has 2 amide bonds. The number of methoxy groups -OCH3 is 1. The molecule has 0 bridgehead atoms. The number of benzene rings is 4. The Morgan fingerprint density at radius 2 is 1.54 bits per heavy atom. The number of ketones is 1. The zero-order valence-electron chi connectivity index (χ0n) is 38.4. The van der Waals surface area contributed by atoms with Crippen LogP contribution in [0.1, 0.15) is 135 Å². The average molecular weight is 904 g/mol. The summed E-state index contributed by atoms with van der Waals surface area (Å²) in [5, 5.41) is 12.8. The molecule has 12 nitrogen and oxygen atoms in total. The molecule has 5 aromatic rings. The predicted octanol–water partition coefficient (Wildman–Crippen LogP) is 12.7. The lowest BCUT2D eigenvalue weighted by Gasteiger charge is -2.22. The molecule has 13 heteroatoms. The van der Waals surface area contributed by atoms with Crippen LogP contribution in [-0.2, 0) is 19.7 Å². The van der Waals surface area contributed by atoms with Gasteiger partial charge in [0.15, 0.2) is 5.58 Å². The minimum absolute atomic E-state index is 0.0190. The number of ether oxygens (including phenoxy) is 3. The van der Waals surface area contributed by atoms with Gasteiger partial charge in [-0.15, -0.1) is 0 Å². The van der Waals surface area contributed by atoms with Crippen LogP contribution in [0.15, 0.2) is 83.3 Å². The number of anilines is 2. The van der Waals surface area contributed by atoms with Gasteiger partial charge in [-0.3, -0.25) is 14.5 Å². The molecule has 0 aliphatic heterocycles. The number of nitrogens with zero attached hydrogens (tertiary/aromatic N) is 3. The standard InChI is InChI=1S/C52H59ClN4O8/c1-8-9-10-11-12-13-14-15-16-17-28-63-50(60)37-21-26-42(53)43(31-37)55-48(59)47(46(58)35-19-24-41(62-7)25-20-35)65-51(61)57(6)40-23-18-36(34(2)29-40)30-38(33-54)49-56-44-32-39(52(3,4)5)22-27-45(44)64-49/h18-27,29-32,47H,8-17,28H2,1-7H3,(H,55,59)/b38-30+. The molecule has 1 atom stereocenters. The Balaban J connectivity index is 1.27. The second-order valence-corrected chi connectivity index (χ2v) is 17.5. The molecule has 0 aliphatic carbocycles. The lowest BCUT2D eigenvalue weighted by Crippen LogP contribution is -2.42. The molecule has 1 aromatic heterocycles. The van der Waals surface area contributed by atoms with Crippen LogP contribution in [0, 0.1) is 18.3 Å². The fourth-order valence-electron chi connectivity index (χ4n) is 7.04. The first-order chi connectivity index (χ1) is 31.1. The summed E-state index contributed by atoms with van der Waals surface area (Å²) in [6.07, 6.45) is 10.2. The van der Waals surface area contributed by atoms with Gasteiger partial charge in [0.05, 0.1) is 30.0 Å². The van der Waals surface area contributed by atoms with Crippen LogP contribution >= 0.6 is 11.6 Å². The smallest absolute Gasteiger partial charge is 0.415 e. The van der Waals surface area contributed by atoms with Gasteiger partial charge < -0.3 is 23.9 Å². The number of carbonyl (C=O) groups is 4. The molecule has 5 rings (SSSR count). The number of unbranched alkanes of at least 4 members (excludes halogenated alkanes) is 9. The third kappa shape index (κ3) is 13.8. The van der Waals surface area contributed by atoms with Crippen LogP contribution in [0.2, 0.25) is 5.02 Å². The van der Waals surface area contributed by atoms with Gasteiger partial charge in [0.25, 0.3) is 5.91 Å². The van der Waals surface area contributed by atoms with Crippen LogP contribution in [0.5, 0.6) is 5.75 Å². The lowest BCUT2D eigenvalue weighted by molar-refractivity contribution is -0.122.